The number of aromatic nitrogens is 2. The molecule has 8 nitrogen and oxygen atoms in total. The third kappa shape index (κ3) is 4.95. The molecule has 0 aliphatic rings. The predicted molar refractivity (Wildman–Crippen MR) is 123 cm³/mol. The molecule has 1 aromatic heterocycles. The number of carbonyl (C=O) groups excluding carboxylic acids is 1. The summed E-state index contributed by atoms with van der Waals surface area (Å²) in [6.45, 7) is 1.12. The lowest BCUT2D eigenvalue weighted by atomic mass is 10.3. The van der Waals surface area contributed by atoms with Crippen LogP contribution in [0, 0.1) is 6.92 Å². The second kappa shape index (κ2) is 8.78. The fraction of sp³-hybridized carbons (Fsp3) is 0.200. The topological polar surface area (TPSA) is 93.4 Å². The van der Waals surface area contributed by atoms with Gasteiger partial charge in [0.1, 0.15) is 12.2 Å². The largest absolute Gasteiger partial charge is 0.318 e. The van der Waals surface area contributed by atoms with Gasteiger partial charge in [0.2, 0.25) is 15.9 Å². The Bertz CT molecular complexity index is 1280. The van der Waals surface area contributed by atoms with Crippen LogP contribution in [0.1, 0.15) is 5.69 Å². The van der Waals surface area contributed by atoms with E-state index in [4.69, 9.17) is 23.2 Å². The molecule has 3 rings (SSSR count). The maximum atomic E-state index is 12.9. The Labute approximate surface area is 189 Å². The first-order valence-electron chi connectivity index (χ1n) is 9.06. The number of hydrogen-bond donors (Lipinski definition) is 1. The molecule has 1 heterocycles. The second-order valence-electron chi connectivity index (χ2n) is 6.88. The summed E-state index contributed by atoms with van der Waals surface area (Å²) < 4.78 is 28.5. The number of nitrogens with one attached hydrogen (secondary N) is 1. The van der Waals surface area contributed by atoms with Crippen molar-refractivity contribution in [2.75, 3.05) is 22.4 Å². The highest BCUT2D eigenvalue weighted by molar-refractivity contribution is 7.92. The summed E-state index contributed by atoms with van der Waals surface area (Å²) in [7, 11) is -2.15. The van der Waals surface area contributed by atoms with E-state index in [1.165, 1.54) is 22.9 Å². The number of nitrogens with zero attached hydrogens (tertiary/aromatic N) is 3. The van der Waals surface area contributed by atoms with Gasteiger partial charge in [-0.2, -0.15) is 0 Å². The van der Waals surface area contributed by atoms with Gasteiger partial charge in [0, 0.05) is 17.1 Å². The maximum Gasteiger partial charge on any atom is 0.295 e. The van der Waals surface area contributed by atoms with Crippen molar-refractivity contribution in [3.63, 3.8) is 0 Å². The molecular formula is C20H20Cl2N4O4S. The van der Waals surface area contributed by atoms with Crippen LogP contribution in [-0.4, -0.2) is 36.5 Å². The van der Waals surface area contributed by atoms with Gasteiger partial charge in [-0.3, -0.25) is 18.6 Å². The number of benzene rings is 2. The summed E-state index contributed by atoms with van der Waals surface area (Å²) in [4.78, 5) is 25.7. The van der Waals surface area contributed by atoms with Crippen molar-refractivity contribution in [1.29, 1.82) is 0 Å². The summed E-state index contributed by atoms with van der Waals surface area (Å²) in [5.74, 6) is -0.687. The molecule has 11 heteroatoms. The van der Waals surface area contributed by atoms with E-state index in [0.717, 1.165) is 10.6 Å². The third-order valence-corrected chi connectivity index (χ3v) is 6.22. The Hall–Kier alpha value is -2.75. The zero-order chi connectivity index (χ0) is 22.9. The molecule has 1 amide bonds. The van der Waals surface area contributed by atoms with Crippen LogP contribution >= 0.6 is 23.2 Å². The molecule has 0 unspecified atom stereocenters. The number of para-hydroxylation sites is 1. The molecule has 1 N–H and O–H groups in total. The van der Waals surface area contributed by atoms with E-state index in [0.29, 0.717) is 11.4 Å². The molecule has 0 aliphatic heterocycles. The highest BCUT2D eigenvalue weighted by Gasteiger charge is 2.24. The van der Waals surface area contributed by atoms with Crippen molar-refractivity contribution in [1.82, 2.24) is 9.36 Å². The Morgan fingerprint density at radius 3 is 2.23 bits per heavy atom. The molecule has 31 heavy (non-hydrogen) atoms. The molecular weight excluding hydrogens is 463 g/mol. The fourth-order valence-electron chi connectivity index (χ4n) is 3.10. The molecule has 164 valence electrons. The van der Waals surface area contributed by atoms with Crippen molar-refractivity contribution in [2.24, 2.45) is 7.05 Å². The van der Waals surface area contributed by atoms with Gasteiger partial charge in [0.05, 0.1) is 23.3 Å². The number of rotatable bonds is 6. The number of anilines is 2. The number of hydrogen-bond acceptors (Lipinski definition) is 4. The van der Waals surface area contributed by atoms with Crippen LogP contribution in [0.3, 0.4) is 0 Å². The van der Waals surface area contributed by atoms with E-state index < -0.39 is 28.0 Å². The van der Waals surface area contributed by atoms with Gasteiger partial charge in [-0.25, -0.2) is 13.1 Å². The van der Waals surface area contributed by atoms with Gasteiger partial charge in [0.25, 0.3) is 5.56 Å². The lowest BCUT2D eigenvalue weighted by Crippen LogP contribution is -2.38. The molecule has 3 aromatic rings. The zero-order valence-electron chi connectivity index (χ0n) is 17.0. The lowest BCUT2D eigenvalue weighted by molar-refractivity contribution is -0.114. The number of halogens is 2. The number of carbonyl (C=O) groups is 1. The normalized spacial score (nSPS) is 11.4. The first-order valence-corrected chi connectivity index (χ1v) is 11.7. The van der Waals surface area contributed by atoms with E-state index in [1.54, 1.807) is 42.9 Å². The quantitative estimate of drug-likeness (QED) is 0.583. The Kier molecular flexibility index (Phi) is 6.49. The van der Waals surface area contributed by atoms with Gasteiger partial charge in [-0.05, 0) is 37.3 Å². The van der Waals surface area contributed by atoms with Gasteiger partial charge in [-0.1, -0.05) is 41.4 Å². The van der Waals surface area contributed by atoms with Crippen molar-refractivity contribution < 1.29 is 13.2 Å². The average molecular weight is 483 g/mol. The fourth-order valence-corrected chi connectivity index (χ4v) is 4.46. The van der Waals surface area contributed by atoms with Crippen molar-refractivity contribution in [3.8, 4) is 5.69 Å². The minimum atomic E-state index is -3.84. The first-order chi connectivity index (χ1) is 14.5. The first kappa shape index (κ1) is 22.9. The molecule has 0 radical (unpaired) electrons. The Morgan fingerprint density at radius 2 is 1.68 bits per heavy atom. The van der Waals surface area contributed by atoms with Crippen LogP contribution in [-0.2, 0) is 21.9 Å². The lowest BCUT2D eigenvalue weighted by Gasteiger charge is -2.22. The monoisotopic (exact) mass is 482 g/mol. The van der Waals surface area contributed by atoms with Gasteiger partial charge >= 0.3 is 0 Å². The summed E-state index contributed by atoms with van der Waals surface area (Å²) in [5.41, 5.74) is 0.913. The number of sulfonamides is 1. The van der Waals surface area contributed by atoms with E-state index in [9.17, 15) is 18.0 Å². The average Bonchev–Trinajstić information content (AvgIpc) is 2.88. The smallest absolute Gasteiger partial charge is 0.295 e. The van der Waals surface area contributed by atoms with Crippen molar-refractivity contribution in [2.45, 2.75) is 6.92 Å². The predicted octanol–water partition coefficient (Wildman–Crippen LogP) is 3.20. The summed E-state index contributed by atoms with van der Waals surface area (Å²) >= 11 is 12.0. The van der Waals surface area contributed by atoms with E-state index >= 15 is 0 Å². The van der Waals surface area contributed by atoms with Gasteiger partial charge in [0.15, 0.2) is 0 Å². The molecule has 0 bridgehead atoms. The summed E-state index contributed by atoms with van der Waals surface area (Å²) in [5, 5.41) is 2.99. The van der Waals surface area contributed by atoms with Crippen molar-refractivity contribution in [3.05, 3.63) is 74.6 Å². The van der Waals surface area contributed by atoms with E-state index in [-0.39, 0.29) is 21.4 Å². The second-order valence-corrected chi connectivity index (χ2v) is 9.66. The highest BCUT2D eigenvalue weighted by atomic mass is 35.5. The molecule has 0 spiro atoms. The van der Waals surface area contributed by atoms with E-state index in [2.05, 4.69) is 5.32 Å². The number of amides is 1. The molecule has 0 aliphatic carbocycles. The van der Waals surface area contributed by atoms with Crippen LogP contribution in [0.15, 0.2) is 53.3 Å². The Balaban J connectivity index is 1.93. The molecule has 0 saturated heterocycles. The molecule has 2 aromatic carbocycles. The zero-order valence-corrected chi connectivity index (χ0v) is 19.3. The van der Waals surface area contributed by atoms with Crippen LogP contribution in [0.4, 0.5) is 11.4 Å². The van der Waals surface area contributed by atoms with E-state index in [1.807, 2.05) is 6.07 Å². The standard InChI is InChI=1S/C20H20Cl2N4O4S/c1-13-19(20(28)26(24(13)2)16-7-5-4-6-8-16)23-18(27)12-25(31(3,29)30)17-10-14(21)9-15(22)11-17/h4-11H,12H2,1-3H3,(H,23,27). The molecule has 0 atom stereocenters. The highest BCUT2D eigenvalue weighted by Crippen LogP contribution is 2.27. The van der Waals surface area contributed by atoms with Crippen LogP contribution in [0.25, 0.3) is 5.69 Å². The minimum Gasteiger partial charge on any atom is -0.318 e. The van der Waals surface area contributed by atoms with Gasteiger partial charge < -0.3 is 5.32 Å². The van der Waals surface area contributed by atoms with Crippen molar-refractivity contribution >= 4 is 50.5 Å². The van der Waals surface area contributed by atoms with Crippen LogP contribution in [0.2, 0.25) is 10.0 Å². The summed E-state index contributed by atoms with van der Waals surface area (Å²) in [6, 6.07) is 13.2. The Morgan fingerprint density at radius 1 is 1.10 bits per heavy atom. The molecule has 0 fully saturated rings. The molecule has 0 saturated carbocycles. The maximum absolute atomic E-state index is 12.9. The third-order valence-electron chi connectivity index (χ3n) is 4.64. The van der Waals surface area contributed by atoms with Gasteiger partial charge in [-0.15, -0.1) is 0 Å². The van der Waals surface area contributed by atoms with Crippen LogP contribution in [0.5, 0.6) is 0 Å². The SMILES string of the molecule is Cc1c(NC(=O)CN(c2cc(Cl)cc(Cl)c2)S(C)(=O)=O)c(=O)n(-c2ccccc2)n1C. The van der Waals surface area contributed by atoms with Crippen LogP contribution < -0.4 is 15.2 Å². The summed E-state index contributed by atoms with van der Waals surface area (Å²) in [6.07, 6.45) is 0.964. The minimum absolute atomic E-state index is 0.0638.